The van der Waals surface area contributed by atoms with Crippen LogP contribution in [0.4, 0.5) is 4.79 Å². The van der Waals surface area contributed by atoms with E-state index in [1.165, 1.54) is 0 Å². The maximum absolute atomic E-state index is 10.2. The second-order valence-electron chi connectivity index (χ2n) is 0.970. The molecule has 0 aromatic carbocycles. The standard InChI is InChI=1S/C4H9O2P/c1-3-6-4(5)7-2/h7H,3H2,1-2H3. The van der Waals surface area contributed by atoms with Gasteiger partial charge in [0.15, 0.2) is 0 Å². The van der Waals surface area contributed by atoms with Crippen LogP contribution in [0, 0.1) is 0 Å². The zero-order valence-electron chi connectivity index (χ0n) is 4.52. The number of hydrogen-bond donors (Lipinski definition) is 0. The van der Waals surface area contributed by atoms with Crippen LogP contribution in [-0.4, -0.2) is 19.0 Å². The highest BCUT2D eigenvalue weighted by molar-refractivity contribution is 7.56. The summed E-state index contributed by atoms with van der Waals surface area (Å²) in [6.07, 6.45) is 0. The van der Waals surface area contributed by atoms with Crippen LogP contribution in [0.1, 0.15) is 6.92 Å². The van der Waals surface area contributed by atoms with Gasteiger partial charge in [-0.3, -0.25) is 0 Å². The summed E-state index contributed by atoms with van der Waals surface area (Å²) in [4.78, 5) is 10.2. The summed E-state index contributed by atoms with van der Waals surface area (Å²) < 4.78 is 4.56. The first kappa shape index (κ1) is 6.90. The fraction of sp³-hybridized carbons (Fsp3) is 0.750. The highest BCUT2D eigenvalue weighted by atomic mass is 31.1. The van der Waals surface area contributed by atoms with Gasteiger partial charge < -0.3 is 4.74 Å². The average molecular weight is 120 g/mol. The van der Waals surface area contributed by atoms with Crippen LogP contribution in [-0.2, 0) is 4.74 Å². The zero-order valence-corrected chi connectivity index (χ0v) is 5.52. The van der Waals surface area contributed by atoms with Gasteiger partial charge in [-0.15, -0.1) is 0 Å². The minimum absolute atomic E-state index is 0.0949. The second-order valence-corrected chi connectivity index (χ2v) is 1.88. The molecule has 3 heteroatoms. The molecule has 0 aliphatic carbocycles. The Morgan fingerprint density at radius 1 is 1.86 bits per heavy atom. The number of carbonyl (C=O) groups excluding carboxylic acids is 1. The molecule has 1 atom stereocenters. The third-order valence-corrected chi connectivity index (χ3v) is 1.03. The van der Waals surface area contributed by atoms with Crippen LogP contribution < -0.4 is 0 Å². The van der Waals surface area contributed by atoms with Gasteiger partial charge in [0.1, 0.15) is 0 Å². The van der Waals surface area contributed by atoms with Gasteiger partial charge in [-0.1, -0.05) is 0 Å². The molecule has 0 saturated heterocycles. The monoisotopic (exact) mass is 120 g/mol. The van der Waals surface area contributed by atoms with Crippen molar-refractivity contribution in [2.24, 2.45) is 0 Å². The van der Waals surface area contributed by atoms with Gasteiger partial charge >= 0.3 is 5.71 Å². The normalized spacial score (nSPS) is 10.0. The fourth-order valence-corrected chi connectivity index (χ4v) is 0.492. The van der Waals surface area contributed by atoms with Crippen molar-refractivity contribution in [2.75, 3.05) is 13.3 Å². The summed E-state index contributed by atoms with van der Waals surface area (Å²) in [6.45, 7) is 4.11. The number of hydrogen-bond acceptors (Lipinski definition) is 2. The maximum Gasteiger partial charge on any atom is 0.322 e. The van der Waals surface area contributed by atoms with Crippen molar-refractivity contribution >= 4 is 14.3 Å². The van der Waals surface area contributed by atoms with Crippen molar-refractivity contribution in [1.82, 2.24) is 0 Å². The van der Waals surface area contributed by atoms with Crippen LogP contribution in [0.2, 0.25) is 0 Å². The molecule has 0 radical (unpaired) electrons. The summed E-state index contributed by atoms with van der Waals surface area (Å²) in [5.74, 6) is 0. The van der Waals surface area contributed by atoms with E-state index in [-0.39, 0.29) is 14.3 Å². The Hall–Kier alpha value is -0.100. The lowest BCUT2D eigenvalue weighted by molar-refractivity contribution is 0.181. The number of carbonyl (C=O) groups is 1. The molecule has 0 amide bonds. The first-order valence-corrected chi connectivity index (χ1v) is 3.65. The Morgan fingerprint density at radius 3 is 2.57 bits per heavy atom. The van der Waals surface area contributed by atoms with Gasteiger partial charge in [-0.05, 0) is 22.2 Å². The van der Waals surface area contributed by atoms with Crippen molar-refractivity contribution in [2.45, 2.75) is 6.92 Å². The largest absolute Gasteiger partial charge is 0.463 e. The van der Waals surface area contributed by atoms with E-state index >= 15 is 0 Å². The van der Waals surface area contributed by atoms with Crippen LogP contribution >= 0.6 is 8.58 Å². The van der Waals surface area contributed by atoms with Crippen molar-refractivity contribution in [1.29, 1.82) is 0 Å². The third kappa shape index (κ3) is 3.74. The quantitative estimate of drug-likeness (QED) is 0.515. The predicted molar refractivity (Wildman–Crippen MR) is 31.3 cm³/mol. The SMILES string of the molecule is CCOC(=O)PC. The molecule has 7 heavy (non-hydrogen) atoms. The van der Waals surface area contributed by atoms with E-state index in [1.54, 1.807) is 13.6 Å². The van der Waals surface area contributed by atoms with Gasteiger partial charge in [-0.25, -0.2) is 4.79 Å². The molecule has 0 aliphatic heterocycles. The Balaban J connectivity index is 3.00. The zero-order chi connectivity index (χ0) is 5.70. The second kappa shape index (κ2) is 4.07. The van der Waals surface area contributed by atoms with Crippen LogP contribution in [0.15, 0.2) is 0 Å². The molecule has 0 N–H and O–H groups in total. The summed E-state index contributed by atoms with van der Waals surface area (Å²) >= 11 is 0. The van der Waals surface area contributed by atoms with E-state index in [0.29, 0.717) is 6.61 Å². The van der Waals surface area contributed by atoms with Gasteiger partial charge in [-0.2, -0.15) is 0 Å². The lowest BCUT2D eigenvalue weighted by Gasteiger charge is -1.93. The molecule has 0 rings (SSSR count). The van der Waals surface area contributed by atoms with Crippen LogP contribution in [0.5, 0.6) is 0 Å². The molecule has 0 aromatic heterocycles. The van der Waals surface area contributed by atoms with Gasteiger partial charge in [0, 0.05) is 0 Å². The molecule has 0 aromatic rings. The van der Waals surface area contributed by atoms with E-state index < -0.39 is 0 Å². The van der Waals surface area contributed by atoms with Gasteiger partial charge in [0.25, 0.3) is 0 Å². The first-order valence-electron chi connectivity index (χ1n) is 2.15. The smallest absolute Gasteiger partial charge is 0.322 e. The molecular formula is C4H9O2P. The van der Waals surface area contributed by atoms with Gasteiger partial charge in [0.2, 0.25) is 0 Å². The summed E-state index contributed by atoms with van der Waals surface area (Å²) in [6, 6.07) is 0. The average Bonchev–Trinajstić information content (AvgIpc) is 1.68. The van der Waals surface area contributed by atoms with Crippen molar-refractivity contribution < 1.29 is 9.53 Å². The summed E-state index contributed by atoms with van der Waals surface area (Å²) in [5, 5.41) is 0. The molecule has 0 heterocycles. The highest BCUT2D eigenvalue weighted by Crippen LogP contribution is 2.05. The Kier molecular flexibility index (Phi) is 4.01. The molecule has 0 fully saturated rings. The lowest BCUT2D eigenvalue weighted by atomic mass is 10.9. The van der Waals surface area contributed by atoms with E-state index in [1.807, 2.05) is 0 Å². The Morgan fingerprint density at radius 2 is 2.43 bits per heavy atom. The Labute approximate surface area is 45.0 Å². The molecule has 2 nitrogen and oxygen atoms in total. The number of rotatable bonds is 2. The topological polar surface area (TPSA) is 26.3 Å². The Bertz CT molecular complexity index is 62.7. The van der Waals surface area contributed by atoms with Crippen molar-refractivity contribution in [3.05, 3.63) is 0 Å². The number of ether oxygens (including phenoxy) is 1. The summed E-state index contributed by atoms with van der Waals surface area (Å²) in [7, 11) is 0.277. The van der Waals surface area contributed by atoms with Crippen molar-refractivity contribution in [3.8, 4) is 0 Å². The predicted octanol–water partition coefficient (Wildman–Crippen LogP) is 1.45. The molecular weight excluding hydrogens is 111 g/mol. The van der Waals surface area contributed by atoms with Crippen molar-refractivity contribution in [3.63, 3.8) is 0 Å². The van der Waals surface area contributed by atoms with E-state index in [0.717, 1.165) is 0 Å². The minimum atomic E-state index is -0.0949. The van der Waals surface area contributed by atoms with Crippen LogP contribution in [0.3, 0.4) is 0 Å². The van der Waals surface area contributed by atoms with E-state index in [9.17, 15) is 4.79 Å². The minimum Gasteiger partial charge on any atom is -0.463 e. The van der Waals surface area contributed by atoms with Gasteiger partial charge in [0.05, 0.1) is 6.61 Å². The molecule has 0 bridgehead atoms. The first-order chi connectivity index (χ1) is 3.31. The lowest BCUT2D eigenvalue weighted by Crippen LogP contribution is -1.91. The van der Waals surface area contributed by atoms with E-state index in [4.69, 9.17) is 0 Å². The summed E-state index contributed by atoms with van der Waals surface area (Å²) in [5.41, 5.74) is -0.0949. The molecule has 0 spiro atoms. The molecule has 1 unspecified atom stereocenters. The fourth-order valence-electron chi connectivity index (χ4n) is 0.203. The molecule has 0 aliphatic rings. The third-order valence-electron chi connectivity index (χ3n) is 0.480. The highest BCUT2D eigenvalue weighted by Gasteiger charge is 1.90. The van der Waals surface area contributed by atoms with E-state index in [2.05, 4.69) is 4.74 Å². The molecule has 42 valence electrons. The maximum atomic E-state index is 10.2. The molecule has 0 saturated carbocycles. The van der Waals surface area contributed by atoms with Crippen LogP contribution in [0.25, 0.3) is 0 Å².